The number of aliphatic carboxylic acids is 1. The van der Waals surface area contributed by atoms with Gasteiger partial charge in [-0.2, -0.15) is 0 Å². The first-order valence-electron chi connectivity index (χ1n) is 17.6. The van der Waals surface area contributed by atoms with Crippen LogP contribution < -0.4 is 14.8 Å². The molecule has 7 rings (SSSR count). The van der Waals surface area contributed by atoms with Gasteiger partial charge in [-0.3, -0.25) is 14.4 Å². The number of anilines is 1. The average molecular weight is 674 g/mol. The van der Waals surface area contributed by atoms with E-state index in [0.29, 0.717) is 29.9 Å². The van der Waals surface area contributed by atoms with Gasteiger partial charge in [0.25, 0.3) is 0 Å². The molecule has 1 saturated carbocycles. The lowest BCUT2D eigenvalue weighted by Crippen LogP contribution is -2.48. The molecule has 1 aromatic heterocycles. The number of amides is 1. The fourth-order valence-corrected chi connectivity index (χ4v) is 7.55. The zero-order valence-electron chi connectivity index (χ0n) is 28.3. The highest BCUT2D eigenvalue weighted by Gasteiger charge is 2.61. The number of rotatable bonds is 7. The summed E-state index contributed by atoms with van der Waals surface area (Å²) in [5.41, 5.74) is 2.05. The number of pyridine rings is 1. The fraction of sp³-hybridized carbons (Fsp3) is 0.366. The van der Waals surface area contributed by atoms with Gasteiger partial charge in [0.2, 0.25) is 5.91 Å². The Morgan fingerprint density at radius 3 is 2.52 bits per heavy atom. The summed E-state index contributed by atoms with van der Waals surface area (Å²) < 4.78 is 12.2. The number of ketones is 1. The first-order valence-corrected chi connectivity index (χ1v) is 17.6. The van der Waals surface area contributed by atoms with E-state index in [2.05, 4.69) is 11.4 Å². The lowest BCUT2D eigenvalue weighted by molar-refractivity contribution is -0.147. The van der Waals surface area contributed by atoms with Gasteiger partial charge in [-0.1, -0.05) is 73.5 Å². The molecular formula is C41H43N3O6. The third-order valence-electron chi connectivity index (χ3n) is 10.5. The zero-order chi connectivity index (χ0) is 34.7. The van der Waals surface area contributed by atoms with Crippen LogP contribution in [0.3, 0.4) is 0 Å². The second-order valence-corrected chi connectivity index (χ2v) is 13.8. The monoisotopic (exact) mass is 673 g/mol. The van der Waals surface area contributed by atoms with Gasteiger partial charge in [0.05, 0.1) is 36.3 Å². The number of allylic oxidation sites excluding steroid dienone is 2. The van der Waals surface area contributed by atoms with Crippen molar-refractivity contribution in [1.29, 1.82) is 0 Å². The maximum absolute atomic E-state index is 14.5. The molecule has 50 heavy (non-hydrogen) atoms. The van der Waals surface area contributed by atoms with Gasteiger partial charge in [0.15, 0.2) is 5.78 Å². The average Bonchev–Trinajstić information content (AvgIpc) is 3.67. The van der Waals surface area contributed by atoms with E-state index in [0.717, 1.165) is 48.0 Å². The molecule has 3 heterocycles. The molecule has 1 saturated heterocycles. The summed E-state index contributed by atoms with van der Waals surface area (Å²) in [6.45, 7) is 0.201. The molecular weight excluding hydrogens is 630 g/mol. The van der Waals surface area contributed by atoms with Crippen molar-refractivity contribution in [2.45, 2.75) is 69.6 Å². The van der Waals surface area contributed by atoms with E-state index in [-0.39, 0.29) is 37.0 Å². The van der Waals surface area contributed by atoms with Gasteiger partial charge in [0, 0.05) is 41.6 Å². The van der Waals surface area contributed by atoms with Crippen molar-refractivity contribution in [3.63, 3.8) is 0 Å². The molecule has 0 spiro atoms. The molecule has 1 amide bonds. The normalized spacial score (nSPS) is 26.2. The van der Waals surface area contributed by atoms with E-state index < -0.39 is 29.6 Å². The van der Waals surface area contributed by atoms with E-state index in [4.69, 9.17) is 14.5 Å². The number of methoxy groups -OCH3 is 1. The van der Waals surface area contributed by atoms with Gasteiger partial charge in [-0.15, -0.1) is 0 Å². The Morgan fingerprint density at radius 1 is 0.980 bits per heavy atom. The summed E-state index contributed by atoms with van der Waals surface area (Å²) in [5.74, 6) is -0.276. The summed E-state index contributed by atoms with van der Waals surface area (Å²) in [6.07, 6.45) is 8.31. The van der Waals surface area contributed by atoms with Crippen molar-refractivity contribution in [3.8, 4) is 22.8 Å². The van der Waals surface area contributed by atoms with E-state index in [1.807, 2.05) is 91.0 Å². The topological polar surface area (TPSA) is 118 Å². The number of nitrogens with zero attached hydrogens (tertiary/aromatic N) is 2. The second-order valence-electron chi connectivity index (χ2n) is 13.8. The van der Waals surface area contributed by atoms with Crippen LogP contribution in [-0.2, 0) is 14.4 Å². The molecule has 9 nitrogen and oxygen atoms in total. The fourth-order valence-electron chi connectivity index (χ4n) is 7.55. The number of ether oxygens (including phenoxy) is 2. The van der Waals surface area contributed by atoms with Crippen molar-refractivity contribution in [2.75, 3.05) is 19.0 Å². The van der Waals surface area contributed by atoms with E-state index in [1.54, 1.807) is 12.0 Å². The van der Waals surface area contributed by atoms with Gasteiger partial charge < -0.3 is 24.8 Å². The van der Waals surface area contributed by atoms with Crippen molar-refractivity contribution < 1.29 is 29.0 Å². The Kier molecular flexibility index (Phi) is 9.57. The number of aromatic nitrogens is 1. The number of benzene rings is 3. The third-order valence-corrected chi connectivity index (χ3v) is 10.5. The van der Waals surface area contributed by atoms with Crippen LogP contribution in [0, 0.1) is 11.3 Å². The van der Waals surface area contributed by atoms with Crippen LogP contribution >= 0.6 is 0 Å². The van der Waals surface area contributed by atoms with Gasteiger partial charge in [0.1, 0.15) is 23.6 Å². The van der Waals surface area contributed by atoms with Crippen LogP contribution in [0.2, 0.25) is 0 Å². The molecule has 2 aliphatic heterocycles. The number of carbonyl (C=O) groups excluding carboxylic acids is 2. The van der Waals surface area contributed by atoms with Crippen molar-refractivity contribution >= 4 is 34.3 Å². The molecule has 9 heteroatoms. The Hall–Kier alpha value is -5.18. The quantitative estimate of drug-likeness (QED) is 0.196. The minimum atomic E-state index is -1.13. The van der Waals surface area contributed by atoms with Crippen molar-refractivity contribution in [2.24, 2.45) is 11.3 Å². The molecule has 5 atom stereocenters. The number of carbonyl (C=O) groups is 3. The smallest absolute Gasteiger partial charge is 0.310 e. The Bertz CT molecular complexity index is 1900. The number of fused-ring (bicyclic) bond motifs is 3. The maximum Gasteiger partial charge on any atom is 0.310 e. The number of nitrogens with one attached hydrogen (secondary N) is 1. The molecule has 3 aliphatic rings. The highest BCUT2D eigenvalue weighted by Crippen LogP contribution is 2.57. The van der Waals surface area contributed by atoms with Crippen LogP contribution in [0.5, 0.6) is 11.5 Å². The summed E-state index contributed by atoms with van der Waals surface area (Å²) in [7, 11) is 1.61. The predicted octanol–water partition coefficient (Wildman–Crippen LogP) is 7.31. The molecule has 0 radical (unpaired) electrons. The predicted molar refractivity (Wildman–Crippen MR) is 192 cm³/mol. The number of carboxylic acids is 1. The molecule has 2 N–H and O–H groups in total. The Labute approximate surface area is 292 Å². The minimum Gasteiger partial charge on any atom is -0.497 e. The first-order chi connectivity index (χ1) is 24.3. The largest absolute Gasteiger partial charge is 0.497 e. The van der Waals surface area contributed by atoms with Crippen LogP contribution in [-0.4, -0.2) is 64.5 Å². The lowest BCUT2D eigenvalue weighted by atomic mass is 9.92. The molecule has 0 bridgehead atoms. The van der Waals surface area contributed by atoms with Gasteiger partial charge >= 0.3 is 5.97 Å². The van der Waals surface area contributed by atoms with Gasteiger partial charge in [-0.25, -0.2) is 4.98 Å². The lowest BCUT2D eigenvalue weighted by Gasteiger charge is -2.29. The van der Waals surface area contributed by atoms with E-state index >= 15 is 0 Å². The van der Waals surface area contributed by atoms with Crippen LogP contribution in [0.25, 0.3) is 22.2 Å². The van der Waals surface area contributed by atoms with Crippen LogP contribution in [0.4, 0.5) is 5.69 Å². The van der Waals surface area contributed by atoms with Crippen molar-refractivity contribution in [1.82, 2.24) is 9.88 Å². The standard InChI is InChI=1S/C41H43N3O6/c1-49-30-19-20-32-35(21-30)43-34(27-13-7-5-8-14-27)23-38(32)50-31-22-36-37(45)25-41(40(47)48)24-28(41)15-9-3-2-4-12-18-33(39(46)44(36)26-31)42-29-16-10-6-11-17-29/h5-11,13-17,19-21,23,28,31,33,36,42H,2-4,12,18,22,24-26H2,1H3,(H,47,48)/b15-9-/t28-,31-,33+,36+,41-/m1/s1. The molecule has 3 aromatic carbocycles. The number of hydrogen-bond acceptors (Lipinski definition) is 7. The SMILES string of the molecule is COc1ccc2c(O[C@@H]3C[C@H]4C(=O)C[C@]5(C(=O)O)C[C@H]5/C=C\CCCCC[C@H](Nc5ccccc5)C(=O)N4C3)cc(-c3ccccc3)nc2c1. The zero-order valence-corrected chi connectivity index (χ0v) is 28.3. The molecule has 4 aromatic rings. The molecule has 1 aliphatic carbocycles. The van der Waals surface area contributed by atoms with Crippen LogP contribution in [0.15, 0.2) is 97.1 Å². The molecule has 2 fully saturated rings. The van der Waals surface area contributed by atoms with Crippen molar-refractivity contribution in [3.05, 3.63) is 97.1 Å². The number of Topliss-reactive ketones (excluding diaryl/α,β-unsaturated/α-hetero) is 1. The van der Waals surface area contributed by atoms with Crippen LogP contribution in [0.1, 0.15) is 51.4 Å². The summed E-state index contributed by atoms with van der Waals surface area (Å²) in [6, 6.07) is 25.7. The molecule has 258 valence electrons. The minimum absolute atomic E-state index is 0.120. The summed E-state index contributed by atoms with van der Waals surface area (Å²) in [4.78, 5) is 47.9. The molecule has 0 unspecified atom stereocenters. The second kappa shape index (κ2) is 14.4. The Morgan fingerprint density at radius 2 is 1.76 bits per heavy atom. The maximum atomic E-state index is 14.5. The number of para-hydroxylation sites is 1. The Balaban J connectivity index is 1.23. The first kappa shape index (κ1) is 33.3. The van der Waals surface area contributed by atoms with E-state index in [1.165, 1.54) is 0 Å². The van der Waals surface area contributed by atoms with E-state index in [9.17, 15) is 19.5 Å². The summed E-state index contributed by atoms with van der Waals surface area (Å²) in [5, 5.41) is 14.5. The summed E-state index contributed by atoms with van der Waals surface area (Å²) >= 11 is 0. The van der Waals surface area contributed by atoms with Gasteiger partial charge in [-0.05, 0) is 55.9 Å². The number of hydrogen-bond donors (Lipinski definition) is 2. The third kappa shape index (κ3) is 6.95. The highest BCUT2D eigenvalue weighted by molar-refractivity contribution is 5.96. The number of carboxylic acid groups (broad SMARTS) is 1. The highest BCUT2D eigenvalue weighted by atomic mass is 16.5.